The Bertz CT molecular complexity index is 787. The largest absolute Gasteiger partial charge is 0.493 e. The molecule has 0 bridgehead atoms. The number of carbonyl (C=O) groups excluding carboxylic acids is 1. The van der Waals surface area contributed by atoms with Crippen molar-refractivity contribution >= 4 is 11.7 Å². The SMILES string of the molecule is COc1ccc(CCNC(=O)CCn2nc([N+](=O)[O-])cc2C)cc1OC. The van der Waals surface area contributed by atoms with Crippen molar-refractivity contribution in [2.24, 2.45) is 0 Å². The first-order valence-electron chi connectivity index (χ1n) is 8.11. The normalized spacial score (nSPS) is 10.4. The van der Waals surface area contributed by atoms with E-state index in [0.717, 1.165) is 5.56 Å². The maximum Gasteiger partial charge on any atom is 0.390 e. The van der Waals surface area contributed by atoms with Crippen LogP contribution < -0.4 is 14.8 Å². The summed E-state index contributed by atoms with van der Waals surface area (Å²) in [5, 5.41) is 17.4. The van der Waals surface area contributed by atoms with Gasteiger partial charge in [0.2, 0.25) is 5.91 Å². The molecule has 0 spiro atoms. The Labute approximate surface area is 151 Å². The smallest absolute Gasteiger partial charge is 0.390 e. The van der Waals surface area contributed by atoms with Crippen molar-refractivity contribution in [3.63, 3.8) is 0 Å². The summed E-state index contributed by atoms with van der Waals surface area (Å²) in [6.07, 6.45) is 0.851. The van der Waals surface area contributed by atoms with Crippen LogP contribution >= 0.6 is 0 Å². The number of benzene rings is 1. The van der Waals surface area contributed by atoms with Crippen molar-refractivity contribution in [2.75, 3.05) is 20.8 Å². The number of hydrogen-bond donors (Lipinski definition) is 1. The van der Waals surface area contributed by atoms with E-state index in [1.165, 1.54) is 10.7 Å². The van der Waals surface area contributed by atoms with Gasteiger partial charge >= 0.3 is 5.82 Å². The van der Waals surface area contributed by atoms with Crippen LogP contribution in [0.15, 0.2) is 24.3 Å². The third kappa shape index (κ3) is 4.95. The van der Waals surface area contributed by atoms with Gasteiger partial charge in [-0.25, -0.2) is 0 Å². The van der Waals surface area contributed by atoms with Gasteiger partial charge in [-0.2, -0.15) is 4.68 Å². The summed E-state index contributed by atoms with van der Waals surface area (Å²) in [6, 6.07) is 7.00. The molecule has 2 rings (SSSR count). The predicted octanol–water partition coefficient (Wildman–Crippen LogP) is 1.87. The standard InChI is InChI=1S/C17H22N4O5/c1-12-10-16(21(23)24)19-20(12)9-7-17(22)18-8-6-13-4-5-14(25-2)15(11-13)26-3/h4-5,10-11H,6-9H2,1-3H3,(H,18,22). The van der Waals surface area contributed by atoms with Crippen LogP contribution in [0.1, 0.15) is 17.7 Å². The van der Waals surface area contributed by atoms with Crippen LogP contribution in [-0.2, 0) is 17.8 Å². The van der Waals surface area contributed by atoms with E-state index in [2.05, 4.69) is 10.4 Å². The van der Waals surface area contributed by atoms with Gasteiger partial charge in [-0.1, -0.05) is 6.07 Å². The third-order valence-electron chi connectivity index (χ3n) is 3.89. The number of aromatic nitrogens is 2. The lowest BCUT2D eigenvalue weighted by molar-refractivity contribution is -0.389. The zero-order valence-electron chi connectivity index (χ0n) is 15.0. The van der Waals surface area contributed by atoms with Gasteiger partial charge in [0.15, 0.2) is 11.5 Å². The molecule has 0 radical (unpaired) electrons. The van der Waals surface area contributed by atoms with Gasteiger partial charge in [0.05, 0.1) is 37.6 Å². The van der Waals surface area contributed by atoms with E-state index in [4.69, 9.17) is 9.47 Å². The maximum atomic E-state index is 12.0. The van der Waals surface area contributed by atoms with Gasteiger partial charge in [0.25, 0.3) is 0 Å². The maximum absolute atomic E-state index is 12.0. The summed E-state index contributed by atoms with van der Waals surface area (Å²) >= 11 is 0. The van der Waals surface area contributed by atoms with E-state index in [9.17, 15) is 14.9 Å². The minimum absolute atomic E-state index is 0.136. The molecule has 1 aromatic carbocycles. The van der Waals surface area contributed by atoms with Crippen molar-refractivity contribution in [1.29, 1.82) is 0 Å². The van der Waals surface area contributed by atoms with Gasteiger partial charge < -0.3 is 24.9 Å². The Kier molecular flexibility index (Phi) is 6.54. The Morgan fingerprint density at radius 2 is 2.00 bits per heavy atom. The lowest BCUT2D eigenvalue weighted by atomic mass is 10.1. The fraction of sp³-hybridized carbons (Fsp3) is 0.412. The topological polar surface area (TPSA) is 109 Å². The molecule has 0 aliphatic carbocycles. The lowest BCUT2D eigenvalue weighted by Gasteiger charge is -2.10. The summed E-state index contributed by atoms with van der Waals surface area (Å²) in [4.78, 5) is 22.1. The second-order valence-corrected chi connectivity index (χ2v) is 5.66. The number of rotatable bonds is 9. The predicted molar refractivity (Wildman–Crippen MR) is 94.5 cm³/mol. The number of carbonyl (C=O) groups is 1. The first kappa shape index (κ1) is 19.2. The summed E-state index contributed by atoms with van der Waals surface area (Å²) in [6.45, 7) is 2.49. The first-order chi connectivity index (χ1) is 12.4. The number of amides is 1. The summed E-state index contributed by atoms with van der Waals surface area (Å²) in [5.74, 6) is 0.954. The molecule has 9 nitrogen and oxygen atoms in total. The van der Waals surface area contributed by atoms with Gasteiger partial charge in [-0.3, -0.25) is 4.79 Å². The molecule has 0 saturated heterocycles. The Morgan fingerprint density at radius 3 is 2.62 bits per heavy atom. The van der Waals surface area contributed by atoms with Gasteiger partial charge in [-0.15, -0.1) is 0 Å². The number of aryl methyl sites for hydroxylation is 2. The molecule has 1 heterocycles. The molecule has 0 aliphatic heterocycles. The fourth-order valence-corrected chi connectivity index (χ4v) is 2.49. The molecule has 1 amide bonds. The first-order valence-corrected chi connectivity index (χ1v) is 8.11. The zero-order valence-corrected chi connectivity index (χ0v) is 15.0. The van der Waals surface area contributed by atoms with E-state index < -0.39 is 4.92 Å². The molecule has 9 heteroatoms. The van der Waals surface area contributed by atoms with Crippen molar-refractivity contribution in [3.05, 3.63) is 45.6 Å². The van der Waals surface area contributed by atoms with Gasteiger partial charge in [0.1, 0.15) is 0 Å². The van der Waals surface area contributed by atoms with Crippen LogP contribution in [0, 0.1) is 17.0 Å². The fourth-order valence-electron chi connectivity index (χ4n) is 2.49. The van der Waals surface area contributed by atoms with Crippen molar-refractivity contribution in [1.82, 2.24) is 15.1 Å². The number of nitrogens with zero attached hydrogens (tertiary/aromatic N) is 3. The van der Waals surface area contributed by atoms with Crippen LogP contribution in [0.4, 0.5) is 5.82 Å². The number of methoxy groups -OCH3 is 2. The molecule has 0 fully saturated rings. The van der Waals surface area contributed by atoms with Crippen LogP contribution in [0.25, 0.3) is 0 Å². The molecule has 140 valence electrons. The minimum atomic E-state index is -0.549. The average Bonchev–Trinajstić information content (AvgIpc) is 3.01. The Morgan fingerprint density at radius 1 is 1.27 bits per heavy atom. The number of ether oxygens (including phenoxy) is 2. The number of nitrogens with one attached hydrogen (secondary N) is 1. The molecule has 0 unspecified atom stereocenters. The highest BCUT2D eigenvalue weighted by Crippen LogP contribution is 2.27. The molecule has 1 aromatic heterocycles. The van der Waals surface area contributed by atoms with E-state index in [1.807, 2.05) is 18.2 Å². The second-order valence-electron chi connectivity index (χ2n) is 5.66. The third-order valence-corrected chi connectivity index (χ3v) is 3.89. The average molecular weight is 362 g/mol. The van der Waals surface area contributed by atoms with Crippen LogP contribution in [-0.4, -0.2) is 41.4 Å². The molecule has 0 saturated carbocycles. The second kappa shape index (κ2) is 8.84. The van der Waals surface area contributed by atoms with Crippen molar-refractivity contribution < 1.29 is 19.2 Å². The van der Waals surface area contributed by atoms with Crippen molar-refractivity contribution in [2.45, 2.75) is 26.3 Å². The summed E-state index contributed by atoms with van der Waals surface area (Å²) in [5.41, 5.74) is 1.66. The van der Waals surface area contributed by atoms with Crippen LogP contribution in [0.2, 0.25) is 0 Å². The summed E-state index contributed by atoms with van der Waals surface area (Å²) in [7, 11) is 3.15. The molecular weight excluding hydrogens is 340 g/mol. The monoisotopic (exact) mass is 362 g/mol. The van der Waals surface area contributed by atoms with Gasteiger partial charge in [-0.05, 0) is 36.0 Å². The van der Waals surface area contributed by atoms with Crippen LogP contribution in [0.3, 0.4) is 0 Å². The zero-order chi connectivity index (χ0) is 19.1. The Balaban J connectivity index is 1.79. The van der Waals surface area contributed by atoms with E-state index in [0.29, 0.717) is 36.7 Å². The highest BCUT2D eigenvalue weighted by Gasteiger charge is 2.15. The van der Waals surface area contributed by atoms with Gasteiger partial charge in [0, 0.05) is 13.0 Å². The van der Waals surface area contributed by atoms with Crippen molar-refractivity contribution in [3.8, 4) is 11.5 Å². The Hall–Kier alpha value is -3.10. The lowest BCUT2D eigenvalue weighted by Crippen LogP contribution is -2.26. The van der Waals surface area contributed by atoms with Crippen LogP contribution in [0.5, 0.6) is 11.5 Å². The molecule has 0 atom stereocenters. The number of hydrogen-bond acceptors (Lipinski definition) is 6. The molecular formula is C17H22N4O5. The quantitative estimate of drug-likeness (QED) is 0.539. The molecule has 0 aliphatic rings. The highest BCUT2D eigenvalue weighted by molar-refractivity contribution is 5.75. The van der Waals surface area contributed by atoms with E-state index in [-0.39, 0.29) is 18.1 Å². The highest BCUT2D eigenvalue weighted by atomic mass is 16.6. The molecule has 2 aromatic rings. The van der Waals surface area contributed by atoms with E-state index >= 15 is 0 Å². The minimum Gasteiger partial charge on any atom is -0.493 e. The van der Waals surface area contributed by atoms with E-state index in [1.54, 1.807) is 21.1 Å². The molecule has 1 N–H and O–H groups in total. The molecule has 26 heavy (non-hydrogen) atoms. The number of nitro groups is 1. The summed E-state index contributed by atoms with van der Waals surface area (Å²) < 4.78 is 11.9.